The molecule has 1 aliphatic rings. The summed E-state index contributed by atoms with van der Waals surface area (Å²) in [5.74, 6) is -0.397. The number of fused-ring (bicyclic) bond motifs is 1. The molecule has 0 spiro atoms. The van der Waals surface area contributed by atoms with E-state index in [2.05, 4.69) is 0 Å². The van der Waals surface area contributed by atoms with Crippen LogP contribution in [0.15, 0.2) is 42.5 Å². The molecule has 2 amide bonds. The van der Waals surface area contributed by atoms with Crippen molar-refractivity contribution in [2.75, 3.05) is 16.3 Å². The molecule has 0 fully saturated rings. The molecule has 4 nitrogen and oxygen atoms in total. The van der Waals surface area contributed by atoms with Gasteiger partial charge in [-0.1, -0.05) is 48.3 Å². The van der Waals surface area contributed by atoms with Crippen LogP contribution in [-0.2, 0) is 16.1 Å². The summed E-state index contributed by atoms with van der Waals surface area (Å²) in [5, 5.41) is 1.02. The van der Waals surface area contributed by atoms with E-state index in [1.54, 1.807) is 28.0 Å². The summed E-state index contributed by atoms with van der Waals surface area (Å²) in [7, 11) is 0. The Morgan fingerprint density at radius 2 is 1.71 bits per heavy atom. The molecule has 24 heavy (non-hydrogen) atoms. The number of carbonyl (C=O) groups excluding carboxylic acids is 2. The molecular formula is C18H16Cl2N2O2. The zero-order valence-corrected chi connectivity index (χ0v) is 14.6. The monoisotopic (exact) mass is 362 g/mol. The van der Waals surface area contributed by atoms with Crippen LogP contribution < -0.4 is 9.80 Å². The molecule has 0 bridgehead atoms. The number of nitrogens with zero attached hydrogens (tertiary/aromatic N) is 2. The molecule has 1 atom stereocenters. The number of rotatable bonds is 3. The molecule has 0 saturated carbocycles. The molecule has 124 valence electrons. The highest BCUT2D eigenvalue weighted by Gasteiger charge is 2.31. The molecule has 1 unspecified atom stereocenters. The van der Waals surface area contributed by atoms with Crippen molar-refractivity contribution in [1.29, 1.82) is 0 Å². The van der Waals surface area contributed by atoms with Gasteiger partial charge in [0.1, 0.15) is 0 Å². The zero-order chi connectivity index (χ0) is 17.3. The number of benzene rings is 2. The number of hydrogen-bond acceptors (Lipinski definition) is 2. The number of carbonyl (C=O) groups is 2. The Kier molecular flexibility index (Phi) is 4.78. The van der Waals surface area contributed by atoms with Gasteiger partial charge in [-0.25, -0.2) is 0 Å². The first-order chi connectivity index (χ1) is 11.5. The third kappa shape index (κ3) is 2.99. The lowest BCUT2D eigenvalue weighted by molar-refractivity contribution is -0.121. The molecule has 0 radical (unpaired) electrons. The Morgan fingerprint density at radius 3 is 2.33 bits per heavy atom. The lowest BCUT2D eigenvalue weighted by atomic mass is 10.1. The molecule has 0 aromatic heterocycles. The Hall–Kier alpha value is -2.04. The first kappa shape index (κ1) is 16.8. The van der Waals surface area contributed by atoms with Crippen LogP contribution in [0.4, 0.5) is 11.4 Å². The number of halogens is 2. The van der Waals surface area contributed by atoms with Gasteiger partial charge in [0.15, 0.2) is 0 Å². The van der Waals surface area contributed by atoms with Crippen molar-refractivity contribution in [2.45, 2.75) is 13.5 Å². The maximum Gasteiger partial charge on any atom is 0.232 e. The van der Waals surface area contributed by atoms with E-state index < -0.39 is 0 Å². The maximum absolute atomic E-state index is 12.9. The Bertz CT molecular complexity index is 774. The second-order valence-electron chi connectivity index (χ2n) is 5.77. The van der Waals surface area contributed by atoms with Gasteiger partial charge in [0.05, 0.1) is 23.8 Å². The van der Waals surface area contributed by atoms with E-state index in [-0.39, 0.29) is 18.4 Å². The van der Waals surface area contributed by atoms with Gasteiger partial charge in [-0.2, -0.15) is 0 Å². The van der Waals surface area contributed by atoms with Crippen molar-refractivity contribution in [3.05, 3.63) is 58.1 Å². The van der Waals surface area contributed by atoms with Gasteiger partial charge in [0.25, 0.3) is 0 Å². The van der Waals surface area contributed by atoms with Crippen molar-refractivity contribution in [3.63, 3.8) is 0 Å². The average Bonchev–Trinajstić information content (AvgIpc) is 2.68. The van der Waals surface area contributed by atoms with Gasteiger partial charge in [0.2, 0.25) is 12.3 Å². The van der Waals surface area contributed by atoms with Crippen LogP contribution in [0, 0.1) is 5.92 Å². The highest BCUT2D eigenvalue weighted by atomic mass is 35.5. The number of amides is 2. The first-order valence-electron chi connectivity index (χ1n) is 7.58. The third-order valence-corrected chi connectivity index (χ3v) is 4.85. The Balaban J connectivity index is 2.10. The molecule has 3 rings (SSSR count). The van der Waals surface area contributed by atoms with Gasteiger partial charge in [-0.3, -0.25) is 9.59 Å². The van der Waals surface area contributed by atoms with Gasteiger partial charge in [0, 0.05) is 22.2 Å². The van der Waals surface area contributed by atoms with Gasteiger partial charge in [-0.15, -0.1) is 0 Å². The standard InChI is InChI=1S/C18H16Cl2N2O2/c1-12-9-21(11-23)16-7-2-3-8-17(16)22(18(12)24)10-13-14(19)5-4-6-15(13)20/h2-8,11-12H,9-10H2,1H3. The largest absolute Gasteiger partial charge is 0.312 e. The molecule has 1 aliphatic heterocycles. The molecular weight excluding hydrogens is 347 g/mol. The minimum Gasteiger partial charge on any atom is -0.312 e. The predicted octanol–water partition coefficient (Wildman–Crippen LogP) is 4.14. The smallest absolute Gasteiger partial charge is 0.232 e. The summed E-state index contributed by atoms with van der Waals surface area (Å²) < 4.78 is 0. The first-order valence-corrected chi connectivity index (χ1v) is 8.33. The minimum absolute atomic E-state index is 0.0669. The summed E-state index contributed by atoms with van der Waals surface area (Å²) in [5.41, 5.74) is 2.07. The van der Waals surface area contributed by atoms with Crippen LogP contribution in [0.2, 0.25) is 10.0 Å². The van der Waals surface area contributed by atoms with Crippen molar-refractivity contribution in [2.24, 2.45) is 5.92 Å². The van der Waals surface area contributed by atoms with Crippen LogP contribution in [0.1, 0.15) is 12.5 Å². The predicted molar refractivity (Wildman–Crippen MR) is 96.7 cm³/mol. The SMILES string of the molecule is CC1CN(C=O)c2ccccc2N(Cc2c(Cl)cccc2Cl)C1=O. The lowest BCUT2D eigenvalue weighted by Gasteiger charge is -2.25. The van der Waals surface area contributed by atoms with Crippen LogP contribution in [0.25, 0.3) is 0 Å². The number of para-hydroxylation sites is 2. The van der Waals surface area contributed by atoms with Crippen LogP contribution in [0.5, 0.6) is 0 Å². The van der Waals surface area contributed by atoms with E-state index in [1.807, 2.05) is 31.2 Å². The fourth-order valence-electron chi connectivity index (χ4n) is 2.90. The van der Waals surface area contributed by atoms with Gasteiger partial charge < -0.3 is 9.80 Å². The Morgan fingerprint density at radius 1 is 1.08 bits per heavy atom. The van der Waals surface area contributed by atoms with E-state index in [0.717, 1.165) is 6.41 Å². The second-order valence-corrected chi connectivity index (χ2v) is 6.59. The summed E-state index contributed by atoms with van der Waals surface area (Å²) in [6.07, 6.45) is 0.759. The summed E-state index contributed by atoms with van der Waals surface area (Å²) in [4.78, 5) is 27.6. The van der Waals surface area contributed by atoms with Gasteiger partial charge >= 0.3 is 0 Å². The van der Waals surface area contributed by atoms with Crippen molar-refractivity contribution < 1.29 is 9.59 Å². The summed E-state index contributed by atoms with van der Waals surface area (Å²) in [6, 6.07) is 12.6. The minimum atomic E-state index is -0.330. The molecule has 2 aromatic rings. The highest BCUT2D eigenvalue weighted by molar-refractivity contribution is 6.36. The quantitative estimate of drug-likeness (QED) is 0.769. The topological polar surface area (TPSA) is 40.6 Å². The fraction of sp³-hybridized carbons (Fsp3) is 0.222. The summed E-state index contributed by atoms with van der Waals surface area (Å²) >= 11 is 12.5. The number of hydrogen-bond donors (Lipinski definition) is 0. The second kappa shape index (κ2) is 6.83. The average molecular weight is 363 g/mol. The van der Waals surface area contributed by atoms with Gasteiger partial charge in [-0.05, 0) is 24.3 Å². The Labute approximate surface area is 150 Å². The number of anilines is 2. The van der Waals surface area contributed by atoms with Crippen LogP contribution in [-0.4, -0.2) is 18.9 Å². The van der Waals surface area contributed by atoms with Crippen LogP contribution >= 0.6 is 23.2 Å². The summed E-state index contributed by atoms with van der Waals surface area (Å²) in [6.45, 7) is 2.41. The van der Waals surface area contributed by atoms with E-state index >= 15 is 0 Å². The van der Waals surface area contributed by atoms with Crippen molar-refractivity contribution in [1.82, 2.24) is 0 Å². The molecule has 0 aliphatic carbocycles. The molecule has 0 N–H and O–H groups in total. The molecule has 2 aromatic carbocycles. The molecule has 6 heteroatoms. The lowest BCUT2D eigenvalue weighted by Crippen LogP contribution is -2.36. The zero-order valence-electron chi connectivity index (χ0n) is 13.1. The van der Waals surface area contributed by atoms with Crippen molar-refractivity contribution in [3.8, 4) is 0 Å². The van der Waals surface area contributed by atoms with E-state index in [9.17, 15) is 9.59 Å². The highest BCUT2D eigenvalue weighted by Crippen LogP contribution is 2.36. The van der Waals surface area contributed by atoms with E-state index in [4.69, 9.17) is 23.2 Å². The van der Waals surface area contributed by atoms with E-state index in [1.165, 1.54) is 0 Å². The fourth-order valence-corrected chi connectivity index (χ4v) is 3.41. The third-order valence-electron chi connectivity index (χ3n) is 4.15. The van der Waals surface area contributed by atoms with E-state index in [0.29, 0.717) is 33.5 Å². The van der Waals surface area contributed by atoms with Crippen LogP contribution in [0.3, 0.4) is 0 Å². The molecule has 0 saturated heterocycles. The normalized spacial score (nSPS) is 17.5. The molecule has 1 heterocycles. The maximum atomic E-state index is 12.9. The van der Waals surface area contributed by atoms with Crippen molar-refractivity contribution >= 4 is 46.9 Å².